The van der Waals surface area contributed by atoms with E-state index >= 15 is 0 Å². The number of nitrogens with one attached hydrogen (secondary N) is 2. The second-order valence-corrected chi connectivity index (χ2v) is 6.80. The third-order valence-electron chi connectivity index (χ3n) is 4.76. The molecule has 0 radical (unpaired) electrons. The maximum absolute atomic E-state index is 12.5. The fraction of sp³-hybridized carbons (Fsp3) is 0.450. The lowest BCUT2D eigenvalue weighted by molar-refractivity contribution is 0.0383. The van der Waals surface area contributed by atoms with Crippen LogP contribution in [0, 0.1) is 20.8 Å². The van der Waals surface area contributed by atoms with Crippen LogP contribution in [0.2, 0.25) is 0 Å². The van der Waals surface area contributed by atoms with Crippen LogP contribution in [0.5, 0.6) is 0 Å². The number of rotatable bonds is 6. The molecule has 0 aliphatic carbocycles. The number of hydrogen-bond acceptors (Lipinski definition) is 6. The maximum atomic E-state index is 12.5. The van der Waals surface area contributed by atoms with E-state index in [2.05, 4.69) is 38.5 Å². The van der Waals surface area contributed by atoms with Gasteiger partial charge in [-0.1, -0.05) is 12.1 Å². The van der Waals surface area contributed by atoms with Crippen molar-refractivity contribution in [2.45, 2.75) is 20.8 Å². The molecule has 1 aliphatic heterocycles. The minimum absolute atomic E-state index is 0.183. The van der Waals surface area contributed by atoms with Gasteiger partial charge in [-0.2, -0.15) is 0 Å². The van der Waals surface area contributed by atoms with Gasteiger partial charge in [0.05, 0.1) is 13.2 Å². The predicted molar refractivity (Wildman–Crippen MR) is 106 cm³/mol. The van der Waals surface area contributed by atoms with Crippen LogP contribution in [0.25, 0.3) is 0 Å². The van der Waals surface area contributed by atoms with E-state index < -0.39 is 0 Å². The summed E-state index contributed by atoms with van der Waals surface area (Å²) in [6, 6.07) is 7.74. The topological polar surface area (TPSA) is 79.4 Å². The van der Waals surface area contributed by atoms with Crippen molar-refractivity contribution in [3.8, 4) is 0 Å². The molecule has 1 fully saturated rings. The molecule has 0 spiro atoms. The smallest absolute Gasteiger partial charge is 0.270 e. The van der Waals surface area contributed by atoms with Gasteiger partial charge in [-0.3, -0.25) is 9.69 Å². The highest BCUT2D eigenvalue weighted by Crippen LogP contribution is 2.21. The molecule has 27 heavy (non-hydrogen) atoms. The quantitative estimate of drug-likeness (QED) is 0.813. The highest BCUT2D eigenvalue weighted by molar-refractivity contribution is 5.92. The van der Waals surface area contributed by atoms with Gasteiger partial charge in [-0.05, 0) is 44.0 Å². The van der Waals surface area contributed by atoms with Gasteiger partial charge in [0, 0.05) is 37.6 Å². The largest absolute Gasteiger partial charge is 0.379 e. The molecule has 2 heterocycles. The number of anilines is 2. The fourth-order valence-corrected chi connectivity index (χ4v) is 2.99. The van der Waals surface area contributed by atoms with Crippen molar-refractivity contribution in [1.82, 2.24) is 20.2 Å². The van der Waals surface area contributed by atoms with Crippen molar-refractivity contribution in [2.24, 2.45) is 0 Å². The van der Waals surface area contributed by atoms with Gasteiger partial charge in [0.15, 0.2) is 0 Å². The average molecular weight is 369 g/mol. The molecule has 2 N–H and O–H groups in total. The lowest BCUT2D eigenvalue weighted by Crippen LogP contribution is -2.41. The first-order valence-electron chi connectivity index (χ1n) is 9.30. The molecule has 2 aromatic rings. The summed E-state index contributed by atoms with van der Waals surface area (Å²) in [6.07, 6.45) is 0. The predicted octanol–water partition coefficient (Wildman–Crippen LogP) is 2.21. The molecular weight excluding hydrogens is 342 g/mol. The molecule has 0 atom stereocenters. The summed E-state index contributed by atoms with van der Waals surface area (Å²) < 4.78 is 5.33. The fourth-order valence-electron chi connectivity index (χ4n) is 2.99. The van der Waals surface area contributed by atoms with Crippen LogP contribution in [-0.4, -0.2) is 60.2 Å². The summed E-state index contributed by atoms with van der Waals surface area (Å²) in [5.41, 5.74) is 4.39. The Morgan fingerprint density at radius 1 is 1.19 bits per heavy atom. The Labute approximate surface area is 160 Å². The molecule has 7 heteroatoms. The molecule has 1 aliphatic rings. The Balaban J connectivity index is 1.63. The van der Waals surface area contributed by atoms with Gasteiger partial charge in [0.25, 0.3) is 5.91 Å². The van der Waals surface area contributed by atoms with E-state index in [-0.39, 0.29) is 5.91 Å². The number of benzene rings is 1. The highest BCUT2D eigenvalue weighted by atomic mass is 16.5. The van der Waals surface area contributed by atoms with E-state index in [1.54, 1.807) is 6.07 Å². The summed E-state index contributed by atoms with van der Waals surface area (Å²) in [5.74, 6) is 0.250. The van der Waals surface area contributed by atoms with E-state index in [9.17, 15) is 4.79 Å². The van der Waals surface area contributed by atoms with Crippen LogP contribution in [0.3, 0.4) is 0 Å². The van der Waals surface area contributed by atoms with Crippen LogP contribution >= 0.6 is 0 Å². The number of nitrogens with zero attached hydrogens (tertiary/aromatic N) is 3. The van der Waals surface area contributed by atoms with Crippen molar-refractivity contribution in [2.75, 3.05) is 44.7 Å². The van der Waals surface area contributed by atoms with Crippen LogP contribution in [0.15, 0.2) is 24.3 Å². The summed E-state index contributed by atoms with van der Waals surface area (Å²) >= 11 is 0. The average Bonchev–Trinajstić information content (AvgIpc) is 2.66. The first kappa shape index (κ1) is 19.3. The summed E-state index contributed by atoms with van der Waals surface area (Å²) in [7, 11) is 0. The second kappa shape index (κ2) is 8.92. The van der Waals surface area contributed by atoms with Crippen LogP contribution in [0.4, 0.5) is 11.6 Å². The standard InChI is InChI=1S/C20H27N5O2/c1-14-5-4-6-17(16(14)3)23-20-22-15(2)13-18(24-20)19(26)21-7-8-25-9-11-27-12-10-25/h4-6,13H,7-12H2,1-3H3,(H,21,26)(H,22,23,24). The van der Waals surface area contributed by atoms with Gasteiger partial charge in [-0.15, -0.1) is 0 Å². The number of carbonyl (C=O) groups is 1. The van der Waals surface area contributed by atoms with Gasteiger partial charge in [0.1, 0.15) is 5.69 Å². The van der Waals surface area contributed by atoms with Gasteiger partial charge < -0.3 is 15.4 Å². The van der Waals surface area contributed by atoms with Crippen molar-refractivity contribution < 1.29 is 9.53 Å². The number of carbonyl (C=O) groups excluding carboxylic acids is 1. The molecule has 1 aromatic carbocycles. The molecule has 0 bridgehead atoms. The summed E-state index contributed by atoms with van der Waals surface area (Å²) in [6.45, 7) is 10.7. The molecule has 3 rings (SSSR count). The molecular formula is C20H27N5O2. The van der Waals surface area contributed by atoms with Crippen molar-refractivity contribution >= 4 is 17.5 Å². The number of hydrogen-bond donors (Lipinski definition) is 2. The highest BCUT2D eigenvalue weighted by Gasteiger charge is 2.13. The van der Waals surface area contributed by atoms with E-state index in [4.69, 9.17) is 4.74 Å². The zero-order valence-electron chi connectivity index (χ0n) is 16.2. The van der Waals surface area contributed by atoms with Crippen LogP contribution in [0.1, 0.15) is 27.3 Å². The molecule has 1 aromatic heterocycles. The lowest BCUT2D eigenvalue weighted by atomic mass is 10.1. The number of amides is 1. The SMILES string of the molecule is Cc1cc(C(=O)NCCN2CCOCC2)nc(Nc2cccc(C)c2C)n1. The zero-order valence-corrected chi connectivity index (χ0v) is 16.2. The van der Waals surface area contributed by atoms with Crippen molar-refractivity contribution in [1.29, 1.82) is 0 Å². The Morgan fingerprint density at radius 2 is 1.96 bits per heavy atom. The Hall–Kier alpha value is -2.51. The van der Waals surface area contributed by atoms with Gasteiger partial charge in [0.2, 0.25) is 5.95 Å². The number of ether oxygens (including phenoxy) is 1. The number of aromatic nitrogens is 2. The number of aryl methyl sites for hydroxylation is 2. The summed E-state index contributed by atoms with van der Waals surface area (Å²) in [4.78, 5) is 23.6. The van der Waals surface area contributed by atoms with Crippen molar-refractivity contribution in [3.05, 3.63) is 46.8 Å². The monoisotopic (exact) mass is 369 g/mol. The number of morpholine rings is 1. The van der Waals surface area contributed by atoms with E-state index in [0.29, 0.717) is 18.2 Å². The molecule has 1 amide bonds. The van der Waals surface area contributed by atoms with Gasteiger partial charge in [-0.25, -0.2) is 9.97 Å². The zero-order chi connectivity index (χ0) is 19.2. The normalized spacial score (nSPS) is 14.8. The molecule has 7 nitrogen and oxygen atoms in total. The minimum atomic E-state index is -0.183. The Morgan fingerprint density at radius 3 is 2.74 bits per heavy atom. The van der Waals surface area contributed by atoms with Crippen LogP contribution in [-0.2, 0) is 4.74 Å². The van der Waals surface area contributed by atoms with Gasteiger partial charge >= 0.3 is 0 Å². The van der Waals surface area contributed by atoms with E-state index in [1.165, 1.54) is 5.56 Å². The van der Waals surface area contributed by atoms with E-state index in [0.717, 1.165) is 49.8 Å². The lowest BCUT2D eigenvalue weighted by Gasteiger charge is -2.26. The second-order valence-electron chi connectivity index (χ2n) is 6.80. The summed E-state index contributed by atoms with van der Waals surface area (Å²) in [5, 5.41) is 6.18. The Kier molecular flexibility index (Phi) is 6.36. The third kappa shape index (κ3) is 5.24. The van der Waals surface area contributed by atoms with Crippen LogP contribution < -0.4 is 10.6 Å². The molecule has 0 unspecified atom stereocenters. The third-order valence-corrected chi connectivity index (χ3v) is 4.76. The minimum Gasteiger partial charge on any atom is -0.379 e. The molecule has 0 saturated carbocycles. The van der Waals surface area contributed by atoms with E-state index in [1.807, 2.05) is 26.0 Å². The van der Waals surface area contributed by atoms with Crippen molar-refractivity contribution in [3.63, 3.8) is 0 Å². The maximum Gasteiger partial charge on any atom is 0.270 e. The molecule has 144 valence electrons. The molecule has 1 saturated heterocycles. The first-order valence-corrected chi connectivity index (χ1v) is 9.30. The Bertz CT molecular complexity index is 803. The first-order chi connectivity index (χ1) is 13.0.